The third-order valence-corrected chi connectivity index (χ3v) is 7.12. The van der Waals surface area contributed by atoms with Crippen LogP contribution in [-0.2, 0) is 19.0 Å². The lowest BCUT2D eigenvalue weighted by Gasteiger charge is -2.46. The maximum atomic E-state index is 5.74. The van der Waals surface area contributed by atoms with Crippen molar-refractivity contribution in [2.45, 2.75) is 36.6 Å². The molecule has 180 valence electrons. The highest BCUT2D eigenvalue weighted by molar-refractivity contribution is 7.80. The van der Waals surface area contributed by atoms with Crippen molar-refractivity contribution in [2.75, 3.05) is 18.2 Å². The summed E-state index contributed by atoms with van der Waals surface area (Å²) < 4.78 is 13.4. The van der Waals surface area contributed by atoms with Crippen LogP contribution < -0.4 is 14.4 Å². The lowest BCUT2D eigenvalue weighted by atomic mass is 9.76. The molecule has 3 aromatic carbocycles. The highest BCUT2D eigenvalue weighted by atomic mass is 32.1. The molecular formula is C29H31N3O2S. The van der Waals surface area contributed by atoms with Gasteiger partial charge in [-0.1, -0.05) is 67.9 Å². The van der Waals surface area contributed by atoms with E-state index in [1.54, 1.807) is 0 Å². The molecule has 0 aliphatic carbocycles. The van der Waals surface area contributed by atoms with Crippen molar-refractivity contribution in [2.24, 2.45) is 7.05 Å². The predicted molar refractivity (Wildman–Crippen MR) is 143 cm³/mol. The maximum absolute atomic E-state index is 5.74. The van der Waals surface area contributed by atoms with E-state index in [-0.39, 0.29) is 6.79 Å². The van der Waals surface area contributed by atoms with E-state index in [0.717, 1.165) is 52.9 Å². The van der Waals surface area contributed by atoms with Gasteiger partial charge in [0.15, 0.2) is 11.5 Å². The number of nitrogens with zero attached hydrogens (tertiary/aromatic N) is 3. The normalized spacial score (nSPS) is 14.0. The van der Waals surface area contributed by atoms with Crippen molar-refractivity contribution in [1.82, 2.24) is 9.55 Å². The summed E-state index contributed by atoms with van der Waals surface area (Å²) >= 11 is 4.98. The first-order chi connectivity index (χ1) is 17.1. The minimum atomic E-state index is -0.554. The zero-order chi connectivity index (χ0) is 24.3. The van der Waals surface area contributed by atoms with Gasteiger partial charge in [-0.05, 0) is 41.3 Å². The molecule has 5 nitrogen and oxygen atoms in total. The first kappa shape index (κ1) is 23.4. The number of hydrogen-bond acceptors (Lipinski definition) is 5. The summed E-state index contributed by atoms with van der Waals surface area (Å²) in [6, 6.07) is 25.4. The third kappa shape index (κ3) is 4.39. The van der Waals surface area contributed by atoms with E-state index < -0.39 is 5.54 Å². The van der Waals surface area contributed by atoms with Gasteiger partial charge in [0, 0.05) is 37.3 Å². The molecule has 6 heteroatoms. The number of hydrogen-bond donors (Lipinski definition) is 1. The monoisotopic (exact) mass is 485 g/mol. The summed E-state index contributed by atoms with van der Waals surface area (Å²) in [4.78, 5) is 8.25. The Kier molecular flexibility index (Phi) is 6.73. The van der Waals surface area contributed by atoms with Crippen LogP contribution in [0.15, 0.2) is 90.1 Å². The van der Waals surface area contributed by atoms with E-state index in [4.69, 9.17) is 27.1 Å². The Morgan fingerprint density at radius 2 is 1.77 bits per heavy atom. The Morgan fingerprint density at radius 1 is 1.00 bits per heavy atom. The van der Waals surface area contributed by atoms with Gasteiger partial charge in [0.1, 0.15) is 0 Å². The number of aromatic nitrogens is 2. The van der Waals surface area contributed by atoms with Crippen LogP contribution in [0.3, 0.4) is 0 Å². The zero-order valence-corrected chi connectivity index (χ0v) is 21.1. The lowest BCUT2D eigenvalue weighted by molar-refractivity contribution is 0.174. The topological polar surface area (TPSA) is 39.5 Å². The molecule has 0 saturated heterocycles. The van der Waals surface area contributed by atoms with E-state index >= 15 is 0 Å². The largest absolute Gasteiger partial charge is 0.454 e. The average Bonchev–Trinajstić information content (AvgIpc) is 3.53. The lowest BCUT2D eigenvalue weighted by Crippen LogP contribution is -2.51. The molecule has 1 atom stereocenters. The minimum Gasteiger partial charge on any atom is -0.454 e. The SMILES string of the molecule is CCCCN(c1nccn1C)C(Cc1ccc2c(c1)OCO2)(c1ccccc1)c1ccccc1S. The van der Waals surface area contributed by atoms with Crippen molar-refractivity contribution in [3.05, 3.63) is 102 Å². The Bertz CT molecular complexity index is 1290. The van der Waals surface area contributed by atoms with Crippen molar-refractivity contribution in [1.29, 1.82) is 0 Å². The number of benzene rings is 3. The fraction of sp³-hybridized carbons (Fsp3) is 0.276. The second-order valence-corrected chi connectivity index (χ2v) is 9.43. The van der Waals surface area contributed by atoms with Crippen LogP contribution in [-0.4, -0.2) is 22.9 Å². The van der Waals surface area contributed by atoms with Gasteiger partial charge in [0.05, 0.1) is 5.54 Å². The molecule has 0 amide bonds. The number of imidazole rings is 1. The van der Waals surface area contributed by atoms with E-state index in [1.807, 2.05) is 24.5 Å². The van der Waals surface area contributed by atoms with E-state index in [2.05, 4.69) is 84.1 Å². The smallest absolute Gasteiger partial charge is 0.231 e. The van der Waals surface area contributed by atoms with Gasteiger partial charge in [0.25, 0.3) is 0 Å². The summed E-state index contributed by atoms with van der Waals surface area (Å²) in [5.41, 5.74) is 2.94. The van der Waals surface area contributed by atoms with Crippen LogP contribution in [0.1, 0.15) is 36.5 Å². The molecule has 1 aliphatic rings. The summed E-state index contributed by atoms with van der Waals surface area (Å²) in [6.45, 7) is 3.34. The van der Waals surface area contributed by atoms with Gasteiger partial charge in [-0.25, -0.2) is 4.98 Å². The Balaban J connectivity index is 1.78. The van der Waals surface area contributed by atoms with E-state index in [1.165, 1.54) is 5.56 Å². The molecule has 0 N–H and O–H groups in total. The van der Waals surface area contributed by atoms with Gasteiger partial charge >= 0.3 is 0 Å². The molecule has 0 fully saturated rings. The van der Waals surface area contributed by atoms with E-state index in [0.29, 0.717) is 6.42 Å². The maximum Gasteiger partial charge on any atom is 0.231 e. The highest BCUT2D eigenvalue weighted by Crippen LogP contribution is 2.45. The predicted octanol–water partition coefficient (Wildman–Crippen LogP) is 6.23. The van der Waals surface area contributed by atoms with Gasteiger partial charge in [-0.2, -0.15) is 0 Å². The molecule has 0 radical (unpaired) electrons. The molecule has 2 heterocycles. The zero-order valence-electron chi connectivity index (χ0n) is 20.2. The van der Waals surface area contributed by atoms with Gasteiger partial charge < -0.3 is 18.9 Å². The fourth-order valence-electron chi connectivity index (χ4n) is 5.03. The van der Waals surface area contributed by atoms with Gasteiger partial charge in [0.2, 0.25) is 12.7 Å². The van der Waals surface area contributed by atoms with Gasteiger partial charge in [-0.15, -0.1) is 12.6 Å². The van der Waals surface area contributed by atoms with E-state index in [9.17, 15) is 0 Å². The molecule has 1 unspecified atom stereocenters. The number of aryl methyl sites for hydroxylation is 1. The molecule has 1 aromatic heterocycles. The third-order valence-electron chi connectivity index (χ3n) is 6.73. The number of ether oxygens (including phenoxy) is 2. The Labute approximate surface area is 212 Å². The molecule has 4 aromatic rings. The molecule has 0 bridgehead atoms. The molecule has 5 rings (SSSR count). The van der Waals surface area contributed by atoms with Crippen LogP contribution in [0.5, 0.6) is 11.5 Å². The standard InChI is InChI=1S/C29H31N3O2S/c1-3-4-17-32(28-30-16-18-31(28)2)29(23-10-6-5-7-11-23,24-12-8-9-13-27(24)35)20-22-14-15-25-26(19-22)34-21-33-25/h5-16,18-19,35H,3-4,17,20-21H2,1-2H3. The molecular weight excluding hydrogens is 454 g/mol. The minimum absolute atomic E-state index is 0.262. The van der Waals surface area contributed by atoms with Crippen LogP contribution in [0.2, 0.25) is 0 Å². The molecule has 0 spiro atoms. The first-order valence-corrected chi connectivity index (χ1v) is 12.6. The quantitative estimate of drug-likeness (QED) is 0.285. The second-order valence-electron chi connectivity index (χ2n) is 8.95. The summed E-state index contributed by atoms with van der Waals surface area (Å²) in [5, 5.41) is 0. The number of anilines is 1. The molecule has 35 heavy (non-hydrogen) atoms. The Hall–Kier alpha value is -3.38. The highest BCUT2D eigenvalue weighted by Gasteiger charge is 2.43. The summed E-state index contributed by atoms with van der Waals surface area (Å²) in [7, 11) is 2.06. The summed E-state index contributed by atoms with van der Waals surface area (Å²) in [5.74, 6) is 2.51. The van der Waals surface area contributed by atoms with Crippen LogP contribution in [0, 0.1) is 0 Å². The Morgan fingerprint density at radius 3 is 2.51 bits per heavy atom. The number of thiol groups is 1. The molecule has 1 aliphatic heterocycles. The average molecular weight is 486 g/mol. The second kappa shape index (κ2) is 10.1. The fourth-order valence-corrected chi connectivity index (χ4v) is 5.37. The van der Waals surface area contributed by atoms with Crippen molar-refractivity contribution in [3.8, 4) is 11.5 Å². The summed E-state index contributed by atoms with van der Waals surface area (Å²) in [6.07, 6.45) is 6.71. The van der Waals surface area contributed by atoms with Crippen molar-refractivity contribution >= 4 is 18.6 Å². The van der Waals surface area contributed by atoms with Crippen LogP contribution in [0.4, 0.5) is 5.95 Å². The number of unbranched alkanes of at least 4 members (excludes halogenated alkanes) is 1. The van der Waals surface area contributed by atoms with Crippen molar-refractivity contribution < 1.29 is 9.47 Å². The van der Waals surface area contributed by atoms with Gasteiger partial charge in [-0.3, -0.25) is 0 Å². The van der Waals surface area contributed by atoms with Crippen LogP contribution in [0.25, 0.3) is 0 Å². The van der Waals surface area contributed by atoms with Crippen LogP contribution >= 0.6 is 12.6 Å². The molecule has 0 saturated carbocycles. The number of fused-ring (bicyclic) bond motifs is 1. The van der Waals surface area contributed by atoms with Crippen molar-refractivity contribution in [3.63, 3.8) is 0 Å². The number of rotatable bonds is 9. The first-order valence-electron chi connectivity index (χ1n) is 12.1.